The molecule has 148 valence electrons. The molecule has 5 nitrogen and oxygen atoms in total. The molecule has 1 amide bonds. The van der Waals surface area contributed by atoms with Gasteiger partial charge in [-0.05, 0) is 43.3 Å². The van der Waals surface area contributed by atoms with Crippen LogP contribution in [0.4, 0.5) is 0 Å². The third-order valence-electron chi connectivity index (χ3n) is 4.73. The Kier molecular flexibility index (Phi) is 8.10. The lowest BCUT2D eigenvalue weighted by atomic mass is 9.84. The number of carbonyl (C=O) groups is 2. The Labute approximate surface area is 163 Å². The average molecular weight is 372 g/mol. The molecule has 0 radical (unpaired) electrons. The Balaban J connectivity index is 3.11. The molecule has 0 heterocycles. The smallest absolute Gasteiger partial charge is 0.224 e. The topological polar surface area (TPSA) is 84.6 Å². The fraction of sp³-hybridized carbons (Fsp3) is 0.500. The highest BCUT2D eigenvalue weighted by atomic mass is 16.1. The molecule has 3 N–H and O–H groups in total. The third kappa shape index (κ3) is 6.43. The highest BCUT2D eigenvalue weighted by Gasteiger charge is 2.30. The number of carbonyl (C=O) groups excluding carboxylic acids is 2. The summed E-state index contributed by atoms with van der Waals surface area (Å²) in [5, 5.41) is 3.55. The highest BCUT2D eigenvalue weighted by molar-refractivity contribution is 6.37. The molecule has 3 unspecified atom stereocenters. The summed E-state index contributed by atoms with van der Waals surface area (Å²) in [6.45, 7) is 17.7. The number of allylic oxidation sites excluding steroid dienone is 3. The van der Waals surface area contributed by atoms with Gasteiger partial charge in [0.15, 0.2) is 6.29 Å². The second-order valence-electron chi connectivity index (χ2n) is 7.90. The van der Waals surface area contributed by atoms with Gasteiger partial charge in [0, 0.05) is 6.04 Å². The molecule has 0 fully saturated rings. The normalized spacial score (nSPS) is 23.3. The highest BCUT2D eigenvalue weighted by Crippen LogP contribution is 2.27. The van der Waals surface area contributed by atoms with Crippen molar-refractivity contribution in [2.75, 3.05) is 0 Å². The van der Waals surface area contributed by atoms with E-state index in [1.165, 1.54) is 6.08 Å². The molecule has 4 atom stereocenters. The number of rotatable bonds is 10. The molecule has 0 aromatic rings. The molecule has 0 aromatic heterocycles. The van der Waals surface area contributed by atoms with E-state index in [1.54, 1.807) is 0 Å². The van der Waals surface area contributed by atoms with Crippen molar-refractivity contribution in [1.82, 2.24) is 5.32 Å². The van der Waals surface area contributed by atoms with E-state index in [2.05, 4.69) is 43.4 Å². The van der Waals surface area contributed by atoms with E-state index in [0.29, 0.717) is 23.5 Å². The minimum absolute atomic E-state index is 0.0186. The van der Waals surface area contributed by atoms with Crippen molar-refractivity contribution in [3.8, 4) is 0 Å². The first kappa shape index (κ1) is 22.8. The first-order chi connectivity index (χ1) is 12.5. The van der Waals surface area contributed by atoms with E-state index < -0.39 is 5.66 Å². The number of aliphatic imine (C=N–C) groups is 1. The molecule has 27 heavy (non-hydrogen) atoms. The Morgan fingerprint density at radius 2 is 2.07 bits per heavy atom. The summed E-state index contributed by atoms with van der Waals surface area (Å²) in [6, 6.07) is -0.0186. The second-order valence-corrected chi connectivity index (χ2v) is 7.90. The van der Waals surface area contributed by atoms with Crippen LogP contribution in [0.3, 0.4) is 0 Å². The zero-order valence-electron chi connectivity index (χ0n) is 17.2. The van der Waals surface area contributed by atoms with Gasteiger partial charge in [0.2, 0.25) is 5.91 Å². The molecule has 0 saturated heterocycles. The fourth-order valence-electron chi connectivity index (χ4n) is 3.52. The first-order valence-electron chi connectivity index (χ1n) is 9.36. The maximum Gasteiger partial charge on any atom is 0.224 e. The van der Waals surface area contributed by atoms with Crippen LogP contribution in [-0.4, -0.2) is 29.6 Å². The molecule has 0 saturated carbocycles. The molecule has 1 aliphatic rings. The van der Waals surface area contributed by atoms with Crippen LogP contribution in [0.25, 0.3) is 0 Å². The van der Waals surface area contributed by atoms with E-state index >= 15 is 0 Å². The largest absolute Gasteiger partial charge is 0.369 e. The lowest BCUT2D eigenvalue weighted by Crippen LogP contribution is -2.48. The van der Waals surface area contributed by atoms with Crippen molar-refractivity contribution in [3.05, 3.63) is 48.6 Å². The van der Waals surface area contributed by atoms with Gasteiger partial charge in [-0.1, -0.05) is 58.2 Å². The summed E-state index contributed by atoms with van der Waals surface area (Å²) < 4.78 is 0. The number of primary amides is 1. The number of nitrogens with zero attached hydrogens (tertiary/aromatic N) is 1. The van der Waals surface area contributed by atoms with Crippen molar-refractivity contribution in [2.45, 2.75) is 52.7 Å². The molecule has 5 heteroatoms. The van der Waals surface area contributed by atoms with Crippen LogP contribution in [-0.2, 0) is 9.59 Å². The quantitative estimate of drug-likeness (QED) is 0.351. The molecular weight excluding hydrogens is 338 g/mol. The summed E-state index contributed by atoms with van der Waals surface area (Å²) in [5.41, 5.74) is 6.67. The van der Waals surface area contributed by atoms with Crippen molar-refractivity contribution in [3.63, 3.8) is 0 Å². The van der Waals surface area contributed by atoms with E-state index in [1.807, 2.05) is 32.9 Å². The minimum atomic E-state index is -0.645. The van der Waals surface area contributed by atoms with E-state index in [9.17, 15) is 9.59 Å². The Bertz CT molecular complexity index is 688. The summed E-state index contributed by atoms with van der Waals surface area (Å²) in [5.74, 6) is -0.184. The number of nitrogens with two attached hydrogens (primary N) is 1. The molecule has 0 aromatic carbocycles. The fourth-order valence-corrected chi connectivity index (χ4v) is 3.52. The number of hydrogen-bond acceptors (Lipinski definition) is 4. The average Bonchev–Trinajstić information content (AvgIpc) is 2.57. The summed E-state index contributed by atoms with van der Waals surface area (Å²) >= 11 is 0. The van der Waals surface area contributed by atoms with Gasteiger partial charge in [-0.25, -0.2) is 0 Å². The van der Waals surface area contributed by atoms with Gasteiger partial charge in [-0.2, -0.15) is 0 Å². The van der Waals surface area contributed by atoms with Crippen LogP contribution in [0, 0.1) is 17.8 Å². The van der Waals surface area contributed by atoms with Gasteiger partial charge in [0.25, 0.3) is 0 Å². The van der Waals surface area contributed by atoms with E-state index in [0.717, 1.165) is 12.0 Å². The van der Waals surface area contributed by atoms with Crippen LogP contribution >= 0.6 is 0 Å². The van der Waals surface area contributed by atoms with Gasteiger partial charge >= 0.3 is 0 Å². The summed E-state index contributed by atoms with van der Waals surface area (Å²) in [6.07, 6.45) is 8.86. The maximum absolute atomic E-state index is 11.5. The zero-order valence-corrected chi connectivity index (χ0v) is 17.2. The van der Waals surface area contributed by atoms with Crippen LogP contribution in [0.5, 0.6) is 0 Å². The number of hydrogen-bond donors (Lipinski definition) is 2. The zero-order chi connectivity index (χ0) is 20.8. The van der Waals surface area contributed by atoms with Crippen molar-refractivity contribution in [1.29, 1.82) is 0 Å². The maximum atomic E-state index is 11.5. The third-order valence-corrected chi connectivity index (χ3v) is 4.73. The Morgan fingerprint density at radius 1 is 1.44 bits per heavy atom. The van der Waals surface area contributed by atoms with E-state index in [4.69, 9.17) is 5.73 Å². The van der Waals surface area contributed by atoms with E-state index in [-0.39, 0.29) is 23.8 Å². The second kappa shape index (κ2) is 9.60. The summed E-state index contributed by atoms with van der Waals surface area (Å²) in [4.78, 5) is 27.6. The lowest BCUT2D eigenvalue weighted by molar-refractivity contribution is -0.121. The van der Waals surface area contributed by atoms with Crippen molar-refractivity contribution < 1.29 is 9.59 Å². The van der Waals surface area contributed by atoms with Crippen LogP contribution in [0.1, 0.15) is 41.0 Å². The molecule has 1 aliphatic carbocycles. The van der Waals surface area contributed by atoms with Gasteiger partial charge in [-0.15, -0.1) is 0 Å². The monoisotopic (exact) mass is 371 g/mol. The molecular formula is C22H33N3O2. The van der Waals surface area contributed by atoms with Gasteiger partial charge in [-0.3, -0.25) is 19.9 Å². The molecule has 0 spiro atoms. The standard InChI is InChI=1S/C22H33N3O2/c1-8-15(4)20(13-26)25-22(7,12-14(2)3)24-17(6)18-9-10-19(21(23)27)16(5)11-18/h8-11,13-14,16-17,19,24H,1,4,12H2,2-3,5-7H3,(H2,23,27)/b25-20+/t16?,17-,19?,22?/m1/s1. The number of nitrogens with one attached hydrogen (secondary N) is 1. The molecule has 0 bridgehead atoms. The summed E-state index contributed by atoms with van der Waals surface area (Å²) in [7, 11) is 0. The minimum Gasteiger partial charge on any atom is -0.369 e. The molecule has 0 aliphatic heterocycles. The first-order valence-corrected chi connectivity index (χ1v) is 9.36. The number of amides is 1. The Morgan fingerprint density at radius 3 is 2.52 bits per heavy atom. The van der Waals surface area contributed by atoms with Crippen LogP contribution < -0.4 is 11.1 Å². The van der Waals surface area contributed by atoms with Gasteiger partial charge in [0.1, 0.15) is 11.4 Å². The van der Waals surface area contributed by atoms with Gasteiger partial charge < -0.3 is 5.73 Å². The SMILES string of the molecule is C=CC(=C)/C(C=O)=N/C(C)(CC(C)C)N[C@H](C)C1=CC(C)C(C(N)=O)C=C1. The number of aldehydes is 1. The predicted molar refractivity (Wildman–Crippen MR) is 112 cm³/mol. The van der Waals surface area contributed by atoms with Crippen molar-refractivity contribution in [2.24, 2.45) is 28.5 Å². The van der Waals surface area contributed by atoms with Crippen molar-refractivity contribution >= 4 is 17.9 Å². The lowest BCUT2D eigenvalue weighted by Gasteiger charge is -2.34. The molecule has 1 rings (SSSR count). The van der Waals surface area contributed by atoms with Crippen LogP contribution in [0.2, 0.25) is 0 Å². The van der Waals surface area contributed by atoms with Crippen LogP contribution in [0.15, 0.2) is 53.6 Å². The Hall–Kier alpha value is -2.27. The predicted octanol–water partition coefficient (Wildman–Crippen LogP) is 3.34. The van der Waals surface area contributed by atoms with Gasteiger partial charge in [0.05, 0.1) is 5.92 Å².